The monoisotopic (exact) mass is 255 g/mol. The summed E-state index contributed by atoms with van der Waals surface area (Å²) < 4.78 is 4.91. The first-order valence-electron chi connectivity index (χ1n) is 5.64. The number of aromatic nitrogens is 3. The summed E-state index contributed by atoms with van der Waals surface area (Å²) in [6, 6.07) is 6.51. The fourth-order valence-electron chi connectivity index (χ4n) is 1.79. The first kappa shape index (κ1) is 11.3. The molecule has 2 heterocycles. The van der Waals surface area contributed by atoms with Crippen molar-refractivity contribution < 1.29 is 9.21 Å². The van der Waals surface area contributed by atoms with Crippen molar-refractivity contribution in [3.05, 3.63) is 58.6 Å². The van der Waals surface area contributed by atoms with Crippen LogP contribution >= 0.6 is 0 Å². The molecule has 0 radical (unpaired) electrons. The summed E-state index contributed by atoms with van der Waals surface area (Å²) in [5.41, 5.74) is 1.39. The molecule has 19 heavy (non-hydrogen) atoms. The van der Waals surface area contributed by atoms with Gasteiger partial charge in [-0.2, -0.15) is 0 Å². The highest BCUT2D eigenvalue weighted by molar-refractivity contribution is 5.99. The number of Topliss-reactive ketones (excluding diaryl/α,β-unsaturated/α-hetero) is 1. The van der Waals surface area contributed by atoms with Gasteiger partial charge in [-0.05, 0) is 24.3 Å². The summed E-state index contributed by atoms with van der Waals surface area (Å²) >= 11 is 0. The summed E-state index contributed by atoms with van der Waals surface area (Å²) in [7, 11) is 0. The minimum Gasteiger partial charge on any atom is -0.408 e. The molecule has 6 heteroatoms. The van der Waals surface area contributed by atoms with Crippen molar-refractivity contribution in [2.75, 3.05) is 0 Å². The van der Waals surface area contributed by atoms with Gasteiger partial charge in [-0.25, -0.2) is 14.8 Å². The number of fused-ring (bicyclic) bond motifs is 1. The zero-order valence-corrected chi connectivity index (χ0v) is 9.79. The second-order valence-corrected chi connectivity index (χ2v) is 3.99. The maximum atomic E-state index is 12.1. The standard InChI is InChI=1S/C13H9N3O3/c17-10(7-12-14-4-1-5-15-12)8-2-3-9-11(6-8)19-13(18)16-9/h1-6H,7H2,(H,16,18). The number of aromatic amines is 1. The van der Waals surface area contributed by atoms with Crippen LogP contribution in [-0.4, -0.2) is 20.7 Å². The van der Waals surface area contributed by atoms with E-state index in [9.17, 15) is 9.59 Å². The molecule has 1 N–H and O–H groups in total. The van der Waals surface area contributed by atoms with Gasteiger partial charge in [0.15, 0.2) is 11.4 Å². The Hall–Kier alpha value is -2.76. The van der Waals surface area contributed by atoms with Crippen LogP contribution in [0.4, 0.5) is 0 Å². The molecule has 3 rings (SSSR count). The van der Waals surface area contributed by atoms with Crippen LogP contribution < -0.4 is 5.76 Å². The molecule has 2 aromatic heterocycles. The average Bonchev–Trinajstić information content (AvgIpc) is 2.78. The molecular formula is C13H9N3O3. The van der Waals surface area contributed by atoms with Crippen molar-refractivity contribution in [1.82, 2.24) is 15.0 Å². The van der Waals surface area contributed by atoms with Crippen LogP contribution in [0.15, 0.2) is 45.9 Å². The summed E-state index contributed by atoms with van der Waals surface area (Å²) in [5, 5.41) is 0. The molecule has 0 spiro atoms. The Balaban J connectivity index is 1.91. The quantitative estimate of drug-likeness (QED) is 0.713. The first-order valence-corrected chi connectivity index (χ1v) is 5.64. The van der Waals surface area contributed by atoms with Crippen molar-refractivity contribution >= 4 is 16.9 Å². The minimum absolute atomic E-state index is 0.112. The molecule has 0 bridgehead atoms. The molecule has 0 atom stereocenters. The highest BCUT2D eigenvalue weighted by Crippen LogP contribution is 2.13. The summed E-state index contributed by atoms with van der Waals surface area (Å²) in [6.07, 6.45) is 3.29. The lowest BCUT2D eigenvalue weighted by Gasteiger charge is -1.99. The smallest absolute Gasteiger partial charge is 0.408 e. The lowest BCUT2D eigenvalue weighted by atomic mass is 10.1. The first-order chi connectivity index (χ1) is 9.22. The molecule has 0 aliphatic heterocycles. The molecule has 0 aliphatic carbocycles. The number of carbonyl (C=O) groups is 1. The molecule has 0 aliphatic rings. The second-order valence-electron chi connectivity index (χ2n) is 3.99. The Labute approximate surface area is 107 Å². The molecule has 0 saturated heterocycles. The van der Waals surface area contributed by atoms with Crippen LogP contribution in [0.5, 0.6) is 0 Å². The number of hydrogen-bond acceptors (Lipinski definition) is 5. The Bertz CT molecular complexity index is 790. The van der Waals surface area contributed by atoms with E-state index in [-0.39, 0.29) is 12.2 Å². The largest absolute Gasteiger partial charge is 0.417 e. The number of H-pyrrole nitrogens is 1. The Morgan fingerprint density at radius 2 is 2.05 bits per heavy atom. The van der Waals surface area contributed by atoms with E-state index in [1.807, 2.05) is 0 Å². The molecule has 3 aromatic rings. The van der Waals surface area contributed by atoms with Crippen molar-refractivity contribution in [2.45, 2.75) is 6.42 Å². The Morgan fingerprint density at radius 1 is 1.26 bits per heavy atom. The van der Waals surface area contributed by atoms with Gasteiger partial charge in [-0.15, -0.1) is 0 Å². The summed E-state index contributed by atoms with van der Waals surface area (Å²) in [4.78, 5) is 33.6. The number of ketones is 1. The van der Waals surface area contributed by atoms with Gasteiger partial charge in [0.2, 0.25) is 0 Å². The number of benzene rings is 1. The van der Waals surface area contributed by atoms with Crippen LogP contribution in [0.25, 0.3) is 11.1 Å². The maximum absolute atomic E-state index is 12.1. The van der Waals surface area contributed by atoms with E-state index in [0.717, 1.165) is 0 Å². The number of hydrogen-bond donors (Lipinski definition) is 1. The number of rotatable bonds is 3. The molecule has 0 unspecified atom stereocenters. The normalized spacial score (nSPS) is 10.7. The highest BCUT2D eigenvalue weighted by atomic mass is 16.4. The van der Waals surface area contributed by atoms with Crippen LogP contribution in [0.3, 0.4) is 0 Å². The third-order valence-corrected chi connectivity index (χ3v) is 2.68. The van der Waals surface area contributed by atoms with Gasteiger partial charge in [-0.3, -0.25) is 9.78 Å². The molecule has 6 nitrogen and oxygen atoms in total. The zero-order chi connectivity index (χ0) is 13.2. The molecule has 0 saturated carbocycles. The van der Waals surface area contributed by atoms with Crippen molar-refractivity contribution in [2.24, 2.45) is 0 Å². The molecule has 94 valence electrons. The van der Waals surface area contributed by atoms with Crippen molar-refractivity contribution in [1.29, 1.82) is 0 Å². The van der Waals surface area contributed by atoms with E-state index in [4.69, 9.17) is 4.42 Å². The predicted molar refractivity (Wildman–Crippen MR) is 66.9 cm³/mol. The highest BCUT2D eigenvalue weighted by Gasteiger charge is 2.11. The van der Waals surface area contributed by atoms with Gasteiger partial charge < -0.3 is 4.42 Å². The lowest BCUT2D eigenvalue weighted by Crippen LogP contribution is -2.06. The van der Waals surface area contributed by atoms with Gasteiger partial charge in [-0.1, -0.05) is 0 Å². The topological polar surface area (TPSA) is 88.9 Å². The van der Waals surface area contributed by atoms with Gasteiger partial charge in [0.1, 0.15) is 5.82 Å². The van der Waals surface area contributed by atoms with Crippen LogP contribution in [0.2, 0.25) is 0 Å². The second kappa shape index (κ2) is 4.49. The molecule has 0 amide bonds. The van der Waals surface area contributed by atoms with Gasteiger partial charge in [0, 0.05) is 18.0 Å². The summed E-state index contributed by atoms with van der Waals surface area (Å²) in [6.45, 7) is 0. The van der Waals surface area contributed by atoms with Crippen molar-refractivity contribution in [3.63, 3.8) is 0 Å². The Morgan fingerprint density at radius 3 is 2.84 bits per heavy atom. The summed E-state index contributed by atoms with van der Waals surface area (Å²) in [5.74, 6) is -0.203. The van der Waals surface area contributed by atoms with Crippen LogP contribution in [0, 0.1) is 0 Å². The minimum atomic E-state index is -0.536. The van der Waals surface area contributed by atoms with Crippen molar-refractivity contribution in [3.8, 4) is 0 Å². The van der Waals surface area contributed by atoms with E-state index in [1.54, 1.807) is 36.7 Å². The fourth-order valence-corrected chi connectivity index (χ4v) is 1.79. The lowest BCUT2D eigenvalue weighted by molar-refractivity contribution is 0.0991. The number of nitrogens with zero attached hydrogens (tertiary/aromatic N) is 2. The fraction of sp³-hybridized carbons (Fsp3) is 0.0769. The maximum Gasteiger partial charge on any atom is 0.417 e. The van der Waals surface area contributed by atoms with E-state index in [2.05, 4.69) is 15.0 Å². The number of oxazole rings is 1. The zero-order valence-electron chi connectivity index (χ0n) is 9.79. The molecule has 0 fully saturated rings. The van der Waals surface area contributed by atoms with E-state index in [0.29, 0.717) is 22.5 Å². The third kappa shape index (κ3) is 2.28. The predicted octanol–water partition coefficient (Wildman–Crippen LogP) is 1.34. The van der Waals surface area contributed by atoms with Gasteiger partial charge in [0.05, 0.1) is 11.9 Å². The van der Waals surface area contributed by atoms with Gasteiger partial charge in [0.25, 0.3) is 0 Å². The van der Waals surface area contributed by atoms with E-state index in [1.165, 1.54) is 0 Å². The molecule has 1 aromatic carbocycles. The molecular weight excluding hydrogens is 246 g/mol. The third-order valence-electron chi connectivity index (χ3n) is 2.68. The van der Waals surface area contributed by atoms with Crippen LogP contribution in [0.1, 0.15) is 16.2 Å². The SMILES string of the molecule is O=C(Cc1ncccn1)c1ccc2[nH]c(=O)oc2c1. The average molecular weight is 255 g/mol. The number of carbonyl (C=O) groups excluding carboxylic acids is 1. The van der Waals surface area contributed by atoms with E-state index >= 15 is 0 Å². The number of nitrogens with one attached hydrogen (secondary N) is 1. The Kier molecular flexibility index (Phi) is 2.68. The van der Waals surface area contributed by atoms with Crippen LogP contribution in [-0.2, 0) is 6.42 Å². The van der Waals surface area contributed by atoms with E-state index < -0.39 is 5.76 Å². The van der Waals surface area contributed by atoms with Gasteiger partial charge >= 0.3 is 5.76 Å².